The first-order valence-electron chi connectivity index (χ1n) is 10.1. The van der Waals surface area contributed by atoms with Crippen LogP contribution in [0, 0.1) is 34.9 Å². The summed E-state index contributed by atoms with van der Waals surface area (Å²) in [6.07, 6.45) is 6.45. The van der Waals surface area contributed by atoms with Gasteiger partial charge in [-0.3, -0.25) is 4.79 Å². The largest absolute Gasteiger partial charge is 0.497 e. The van der Waals surface area contributed by atoms with E-state index in [0.29, 0.717) is 29.2 Å². The summed E-state index contributed by atoms with van der Waals surface area (Å²) in [7, 11) is 1.55. The van der Waals surface area contributed by atoms with Gasteiger partial charge in [0.25, 0.3) is 0 Å². The molecule has 1 atom stereocenters. The van der Waals surface area contributed by atoms with Crippen LogP contribution in [0.1, 0.15) is 57.6 Å². The first kappa shape index (κ1) is 16.6. The minimum absolute atomic E-state index is 0.163. The molecule has 1 amide bonds. The topological polar surface area (TPSA) is 29.5 Å². The van der Waals surface area contributed by atoms with Gasteiger partial charge in [-0.2, -0.15) is 0 Å². The molecule has 6 rings (SSSR count). The van der Waals surface area contributed by atoms with Crippen molar-refractivity contribution >= 4 is 5.91 Å². The Balaban J connectivity index is 1.51. The Bertz CT molecular complexity index is 731. The van der Waals surface area contributed by atoms with Crippen molar-refractivity contribution in [3.63, 3.8) is 0 Å². The summed E-state index contributed by atoms with van der Waals surface area (Å²) < 4.78 is 20.0. The second-order valence-electron chi connectivity index (χ2n) is 9.65. The minimum Gasteiger partial charge on any atom is -0.497 e. The van der Waals surface area contributed by atoms with Gasteiger partial charge in [0.1, 0.15) is 11.6 Å². The van der Waals surface area contributed by atoms with Crippen LogP contribution >= 0.6 is 0 Å². The number of likely N-dealkylation sites (tertiary alicyclic amines) is 1. The van der Waals surface area contributed by atoms with E-state index in [1.165, 1.54) is 38.2 Å². The number of hydrogen-bond acceptors (Lipinski definition) is 2. The quantitative estimate of drug-likeness (QED) is 0.742. The lowest BCUT2D eigenvalue weighted by atomic mass is 9.52. The molecule has 1 saturated heterocycles. The van der Waals surface area contributed by atoms with E-state index in [2.05, 4.69) is 4.90 Å². The number of nitrogens with zero attached hydrogens (tertiary/aromatic N) is 1. The molecule has 1 heterocycles. The van der Waals surface area contributed by atoms with E-state index in [-0.39, 0.29) is 17.8 Å². The second-order valence-corrected chi connectivity index (χ2v) is 9.65. The summed E-state index contributed by atoms with van der Waals surface area (Å²) in [6, 6.07) is 5.23. The van der Waals surface area contributed by atoms with Crippen LogP contribution < -0.4 is 4.74 Å². The lowest BCUT2D eigenvalue weighted by Crippen LogP contribution is -2.69. The molecule has 26 heavy (non-hydrogen) atoms. The highest BCUT2D eigenvalue weighted by molar-refractivity contribution is 5.90. The summed E-state index contributed by atoms with van der Waals surface area (Å²) >= 11 is 0. The summed E-state index contributed by atoms with van der Waals surface area (Å²) in [5.74, 6) is 3.45. The van der Waals surface area contributed by atoms with Crippen LogP contribution in [0.15, 0.2) is 18.2 Å². The van der Waals surface area contributed by atoms with Gasteiger partial charge in [-0.1, -0.05) is 6.07 Å². The molecule has 4 bridgehead atoms. The van der Waals surface area contributed by atoms with E-state index in [0.717, 1.165) is 11.8 Å². The van der Waals surface area contributed by atoms with Crippen molar-refractivity contribution in [2.45, 2.75) is 58.0 Å². The number of β-lactam (4-membered cyclic amide) rings is 1. The number of carbonyl (C=O) groups excluding carboxylic acids is 1. The number of halogens is 1. The van der Waals surface area contributed by atoms with Crippen LogP contribution in [0.4, 0.5) is 4.39 Å². The predicted octanol–water partition coefficient (Wildman–Crippen LogP) is 4.57. The van der Waals surface area contributed by atoms with Gasteiger partial charge in [-0.05, 0) is 75.7 Å². The molecule has 5 fully saturated rings. The smallest absolute Gasteiger partial charge is 0.231 e. The van der Waals surface area contributed by atoms with Crippen LogP contribution in [0.25, 0.3) is 0 Å². The lowest BCUT2D eigenvalue weighted by Gasteiger charge is -2.64. The SMILES string of the molecule is COc1ccc(C2N(C3C4CC5CC(C4)CC3C5)C(=O)C2(C)C)c(F)c1. The summed E-state index contributed by atoms with van der Waals surface area (Å²) in [5, 5.41) is 0. The van der Waals surface area contributed by atoms with Crippen LogP contribution in [0.2, 0.25) is 0 Å². The first-order valence-corrected chi connectivity index (χ1v) is 10.1. The number of ether oxygens (including phenoxy) is 1. The van der Waals surface area contributed by atoms with Gasteiger partial charge < -0.3 is 9.64 Å². The maximum Gasteiger partial charge on any atom is 0.231 e. The van der Waals surface area contributed by atoms with Gasteiger partial charge in [0.2, 0.25) is 5.91 Å². The molecule has 5 aliphatic rings. The zero-order valence-corrected chi connectivity index (χ0v) is 15.9. The monoisotopic (exact) mass is 357 g/mol. The minimum atomic E-state index is -0.538. The molecular weight excluding hydrogens is 329 g/mol. The predicted molar refractivity (Wildman–Crippen MR) is 97.2 cm³/mol. The Morgan fingerprint density at radius 1 is 1.08 bits per heavy atom. The van der Waals surface area contributed by atoms with E-state index in [1.807, 2.05) is 26.0 Å². The van der Waals surface area contributed by atoms with Crippen molar-refractivity contribution in [3.05, 3.63) is 29.6 Å². The van der Waals surface area contributed by atoms with E-state index in [1.54, 1.807) is 7.11 Å². The molecule has 1 aliphatic heterocycles. The van der Waals surface area contributed by atoms with Crippen molar-refractivity contribution in [2.24, 2.45) is 29.1 Å². The third kappa shape index (κ3) is 2.13. The third-order valence-electron chi connectivity index (χ3n) is 7.75. The maximum atomic E-state index is 14.9. The zero-order valence-electron chi connectivity index (χ0n) is 15.9. The highest BCUT2D eigenvalue weighted by atomic mass is 19.1. The van der Waals surface area contributed by atoms with Gasteiger partial charge >= 0.3 is 0 Å². The molecule has 0 aromatic heterocycles. The van der Waals surface area contributed by atoms with Crippen LogP contribution in [-0.4, -0.2) is 24.0 Å². The Hall–Kier alpha value is -1.58. The van der Waals surface area contributed by atoms with E-state index < -0.39 is 5.41 Å². The maximum absolute atomic E-state index is 14.9. The van der Waals surface area contributed by atoms with Crippen molar-refractivity contribution in [2.75, 3.05) is 7.11 Å². The number of rotatable bonds is 3. The molecule has 0 spiro atoms. The highest BCUT2D eigenvalue weighted by Crippen LogP contribution is 2.61. The Morgan fingerprint density at radius 3 is 2.23 bits per heavy atom. The van der Waals surface area contributed by atoms with E-state index in [9.17, 15) is 9.18 Å². The Morgan fingerprint density at radius 2 is 1.69 bits per heavy atom. The molecule has 3 nitrogen and oxygen atoms in total. The molecule has 0 N–H and O–H groups in total. The van der Waals surface area contributed by atoms with Crippen molar-refractivity contribution in [3.8, 4) is 5.75 Å². The van der Waals surface area contributed by atoms with E-state index in [4.69, 9.17) is 4.74 Å². The van der Waals surface area contributed by atoms with Gasteiger partial charge in [-0.15, -0.1) is 0 Å². The molecule has 1 aromatic rings. The van der Waals surface area contributed by atoms with Crippen LogP contribution in [-0.2, 0) is 4.79 Å². The summed E-state index contributed by atoms with van der Waals surface area (Å²) in [4.78, 5) is 15.2. The average molecular weight is 357 g/mol. The number of hydrogen-bond donors (Lipinski definition) is 0. The van der Waals surface area contributed by atoms with Crippen molar-refractivity contribution < 1.29 is 13.9 Å². The Labute approximate surface area is 154 Å². The van der Waals surface area contributed by atoms with Gasteiger partial charge in [-0.25, -0.2) is 4.39 Å². The van der Waals surface area contributed by atoms with Crippen LogP contribution in [0.3, 0.4) is 0 Å². The molecule has 0 radical (unpaired) electrons. The Kier molecular flexibility index (Phi) is 3.48. The molecule has 4 heteroatoms. The number of benzene rings is 1. The fourth-order valence-electron chi connectivity index (χ4n) is 6.90. The van der Waals surface area contributed by atoms with Gasteiger partial charge in [0, 0.05) is 17.7 Å². The number of methoxy groups -OCH3 is 1. The van der Waals surface area contributed by atoms with Gasteiger partial charge in [0.15, 0.2) is 0 Å². The first-order chi connectivity index (χ1) is 12.4. The molecule has 1 unspecified atom stereocenters. The fourth-order valence-corrected chi connectivity index (χ4v) is 6.90. The van der Waals surface area contributed by atoms with Crippen molar-refractivity contribution in [1.82, 2.24) is 4.90 Å². The van der Waals surface area contributed by atoms with E-state index >= 15 is 0 Å². The molecule has 4 saturated carbocycles. The molecule has 140 valence electrons. The lowest BCUT2D eigenvalue weighted by molar-refractivity contribution is -0.192. The molecular formula is C22H28FNO2. The molecule has 1 aromatic carbocycles. The average Bonchev–Trinajstić information content (AvgIpc) is 2.60. The van der Waals surface area contributed by atoms with Crippen LogP contribution in [0.5, 0.6) is 5.75 Å². The zero-order chi connectivity index (χ0) is 18.2. The second kappa shape index (κ2) is 5.46. The normalized spacial score (nSPS) is 39.8. The standard InChI is InChI=1S/C22H28FNO2/c1-22(2)20(17-5-4-16(26-3)11-18(17)23)24(21(22)25)19-14-7-12-6-13(9-14)10-15(19)8-12/h4-5,11-15,19-20H,6-10H2,1-3H3. The number of amides is 1. The van der Waals surface area contributed by atoms with Crippen molar-refractivity contribution in [1.29, 1.82) is 0 Å². The van der Waals surface area contributed by atoms with Gasteiger partial charge in [0.05, 0.1) is 18.6 Å². The molecule has 4 aliphatic carbocycles. The number of carbonyl (C=O) groups is 1. The fraction of sp³-hybridized carbons (Fsp3) is 0.682. The summed E-state index contributed by atoms with van der Waals surface area (Å²) in [6.45, 7) is 3.94. The summed E-state index contributed by atoms with van der Waals surface area (Å²) in [5.41, 5.74) is 0.105. The highest BCUT2D eigenvalue weighted by Gasteiger charge is 2.62. The third-order valence-corrected chi connectivity index (χ3v) is 7.75.